The highest BCUT2D eigenvalue weighted by Gasteiger charge is 2.73. The monoisotopic (exact) mass is 346 g/mol. The number of esters is 1. The van der Waals surface area contributed by atoms with Crippen molar-refractivity contribution in [3.8, 4) is 0 Å². The molecule has 1 aromatic rings. The summed E-state index contributed by atoms with van der Waals surface area (Å²) in [4.78, 5) is 12.7. The molecule has 0 radical (unpaired) electrons. The van der Waals surface area contributed by atoms with Crippen LogP contribution in [0, 0.1) is 22.7 Å². The summed E-state index contributed by atoms with van der Waals surface area (Å²) in [5.74, 6) is 0.244. The van der Waals surface area contributed by atoms with Crippen molar-refractivity contribution in [2.24, 2.45) is 22.7 Å². The molecule has 0 aromatic carbocycles. The molecule has 2 saturated carbocycles. The van der Waals surface area contributed by atoms with E-state index in [0.29, 0.717) is 19.3 Å². The van der Waals surface area contributed by atoms with Crippen molar-refractivity contribution in [1.29, 1.82) is 0 Å². The summed E-state index contributed by atoms with van der Waals surface area (Å²) in [6, 6.07) is 1.88. The molecule has 7 atom stereocenters. The number of hydrogen-bond donors (Lipinski definition) is 2. The van der Waals surface area contributed by atoms with E-state index in [9.17, 15) is 15.0 Å². The second-order valence-electron chi connectivity index (χ2n) is 9.43. The number of hydrogen-bond acceptors (Lipinski definition) is 5. The number of aliphatic hydroxyl groups excluding tert-OH is 1. The summed E-state index contributed by atoms with van der Waals surface area (Å²) in [5.41, 5.74) is -1.18. The van der Waals surface area contributed by atoms with Gasteiger partial charge in [-0.1, -0.05) is 20.8 Å². The van der Waals surface area contributed by atoms with Crippen molar-refractivity contribution in [2.75, 3.05) is 0 Å². The first-order valence-electron chi connectivity index (χ1n) is 9.38. The lowest BCUT2D eigenvalue weighted by molar-refractivity contribution is -0.287. The first-order chi connectivity index (χ1) is 11.7. The Morgan fingerprint density at radius 1 is 1.28 bits per heavy atom. The molecule has 2 N–H and O–H groups in total. The van der Waals surface area contributed by atoms with Gasteiger partial charge in [0.25, 0.3) is 0 Å². The molecule has 5 rings (SSSR count). The van der Waals surface area contributed by atoms with E-state index >= 15 is 0 Å². The molecule has 1 aromatic heterocycles. The second kappa shape index (κ2) is 4.49. The van der Waals surface area contributed by atoms with Crippen molar-refractivity contribution < 1.29 is 24.2 Å². The van der Waals surface area contributed by atoms with Gasteiger partial charge in [0.05, 0.1) is 23.9 Å². The van der Waals surface area contributed by atoms with E-state index in [1.807, 2.05) is 13.0 Å². The van der Waals surface area contributed by atoms with Crippen molar-refractivity contribution >= 4 is 5.97 Å². The Kier molecular flexibility index (Phi) is 2.86. The predicted octanol–water partition coefficient (Wildman–Crippen LogP) is 2.40. The van der Waals surface area contributed by atoms with Crippen molar-refractivity contribution in [2.45, 2.75) is 70.2 Å². The molecular weight excluding hydrogens is 320 g/mol. The molecule has 3 fully saturated rings. The zero-order chi connectivity index (χ0) is 17.8. The van der Waals surface area contributed by atoms with Gasteiger partial charge < -0.3 is 19.4 Å². The Morgan fingerprint density at radius 3 is 2.80 bits per heavy atom. The van der Waals surface area contributed by atoms with Crippen LogP contribution in [0.2, 0.25) is 0 Å². The molecule has 1 aliphatic heterocycles. The maximum absolute atomic E-state index is 12.7. The first kappa shape index (κ1) is 15.9. The van der Waals surface area contributed by atoms with Gasteiger partial charge in [-0.25, -0.2) is 0 Å². The fourth-order valence-corrected chi connectivity index (χ4v) is 6.77. The molecule has 5 heteroatoms. The third kappa shape index (κ3) is 1.61. The van der Waals surface area contributed by atoms with Crippen LogP contribution in [0.1, 0.15) is 57.3 Å². The summed E-state index contributed by atoms with van der Waals surface area (Å²) >= 11 is 0. The number of fused-ring (bicyclic) bond motifs is 4. The van der Waals surface area contributed by atoms with E-state index in [1.165, 1.54) is 0 Å². The molecule has 0 amide bonds. The average molecular weight is 346 g/mol. The third-order valence-electron chi connectivity index (χ3n) is 8.33. The minimum Gasteiger partial charge on any atom is -0.469 e. The topological polar surface area (TPSA) is 79.9 Å². The van der Waals surface area contributed by atoms with Crippen LogP contribution in [0.4, 0.5) is 0 Å². The largest absolute Gasteiger partial charge is 0.469 e. The molecule has 4 aliphatic rings. The van der Waals surface area contributed by atoms with E-state index in [-0.39, 0.29) is 35.2 Å². The fourth-order valence-electron chi connectivity index (χ4n) is 6.77. The Balaban J connectivity index is 1.72. The van der Waals surface area contributed by atoms with Gasteiger partial charge in [-0.3, -0.25) is 4.79 Å². The van der Waals surface area contributed by atoms with Crippen LogP contribution in [-0.2, 0) is 16.0 Å². The van der Waals surface area contributed by atoms with Crippen LogP contribution < -0.4 is 0 Å². The summed E-state index contributed by atoms with van der Waals surface area (Å²) < 4.78 is 11.4. The molecule has 2 heterocycles. The predicted molar refractivity (Wildman–Crippen MR) is 88.7 cm³/mol. The van der Waals surface area contributed by atoms with Crippen LogP contribution in [0.15, 0.2) is 16.7 Å². The van der Waals surface area contributed by atoms with Gasteiger partial charge in [0.1, 0.15) is 11.9 Å². The molecule has 2 unspecified atom stereocenters. The fraction of sp³-hybridized carbons (Fsp3) is 0.750. The smallest absolute Gasteiger partial charge is 0.314 e. The lowest BCUT2D eigenvalue weighted by Gasteiger charge is -2.67. The Labute approximate surface area is 147 Å². The maximum Gasteiger partial charge on any atom is 0.314 e. The molecule has 0 spiro atoms. The number of ether oxygens (including phenoxy) is 1. The van der Waals surface area contributed by atoms with Crippen molar-refractivity contribution in [1.82, 2.24) is 0 Å². The van der Waals surface area contributed by atoms with Gasteiger partial charge in [0.2, 0.25) is 0 Å². The zero-order valence-electron chi connectivity index (χ0n) is 15.0. The quantitative estimate of drug-likeness (QED) is 0.705. The van der Waals surface area contributed by atoms with Gasteiger partial charge in [-0.2, -0.15) is 0 Å². The summed E-state index contributed by atoms with van der Waals surface area (Å²) in [6.07, 6.45) is 3.24. The van der Waals surface area contributed by atoms with Crippen LogP contribution in [0.3, 0.4) is 0 Å². The van der Waals surface area contributed by atoms with E-state index in [2.05, 4.69) is 13.8 Å². The zero-order valence-corrected chi connectivity index (χ0v) is 15.0. The Bertz CT molecular complexity index is 751. The van der Waals surface area contributed by atoms with E-state index in [0.717, 1.165) is 17.7 Å². The van der Waals surface area contributed by atoms with E-state index < -0.39 is 17.1 Å². The van der Waals surface area contributed by atoms with Gasteiger partial charge in [0, 0.05) is 29.7 Å². The molecule has 0 bridgehead atoms. The van der Waals surface area contributed by atoms with Crippen LogP contribution >= 0.6 is 0 Å². The lowest BCUT2D eigenvalue weighted by atomic mass is 9.40. The number of carbonyl (C=O) groups is 1. The minimum atomic E-state index is -1.08. The molecular formula is C20H26O5. The number of aliphatic hydroxyl groups is 2. The van der Waals surface area contributed by atoms with Gasteiger partial charge in [-0.05, 0) is 30.2 Å². The number of rotatable bonds is 0. The van der Waals surface area contributed by atoms with Crippen molar-refractivity contribution in [3.63, 3.8) is 0 Å². The molecule has 25 heavy (non-hydrogen) atoms. The summed E-state index contributed by atoms with van der Waals surface area (Å²) in [6.45, 7) is 6.17. The van der Waals surface area contributed by atoms with Gasteiger partial charge in [-0.15, -0.1) is 0 Å². The maximum atomic E-state index is 12.7. The number of carbonyl (C=O) groups excluding carboxylic acids is 1. The molecule has 1 saturated heterocycles. The first-order valence-corrected chi connectivity index (χ1v) is 9.38. The van der Waals surface area contributed by atoms with Gasteiger partial charge in [0.15, 0.2) is 0 Å². The van der Waals surface area contributed by atoms with Gasteiger partial charge >= 0.3 is 5.97 Å². The van der Waals surface area contributed by atoms with Crippen molar-refractivity contribution in [3.05, 3.63) is 23.7 Å². The standard InChI is InChI=1S/C20H26O5/c1-18(2)6-4-14(21)19(3)11-8-12-10(5-7-24-12)15-16(11)13(25-17(15)22)9-20(18,19)23/h5,7,11,13-16,21,23H,4,6,8-9H2,1-3H3/t11-,13-,14-,15?,16?,19-,20+/m0/s1. The highest BCUT2D eigenvalue weighted by molar-refractivity contribution is 5.82. The SMILES string of the molecule is CC1(C)CC[C@H](O)[C@]2(C)[C@H]3Cc4occc4C4C(=O)O[C@@H](C[C@@]12O)C43. The highest BCUT2D eigenvalue weighted by Crippen LogP contribution is 2.68. The van der Waals surface area contributed by atoms with Crippen LogP contribution in [-0.4, -0.2) is 34.0 Å². The summed E-state index contributed by atoms with van der Waals surface area (Å²) in [7, 11) is 0. The average Bonchev–Trinajstić information content (AvgIpc) is 3.13. The highest BCUT2D eigenvalue weighted by atomic mass is 16.6. The van der Waals surface area contributed by atoms with Crippen LogP contribution in [0.25, 0.3) is 0 Å². The van der Waals surface area contributed by atoms with E-state index in [4.69, 9.17) is 9.15 Å². The third-order valence-corrected chi connectivity index (χ3v) is 8.33. The lowest BCUT2D eigenvalue weighted by Crippen LogP contribution is -2.72. The molecule has 5 nitrogen and oxygen atoms in total. The normalized spacial score (nSPS) is 49.8. The number of furan rings is 1. The second-order valence-corrected chi connectivity index (χ2v) is 9.43. The Hall–Kier alpha value is -1.33. The molecule has 3 aliphatic carbocycles. The summed E-state index contributed by atoms with van der Waals surface area (Å²) in [5, 5.41) is 23.0. The van der Waals surface area contributed by atoms with E-state index in [1.54, 1.807) is 6.26 Å². The minimum absolute atomic E-state index is 0.00595. The van der Waals surface area contributed by atoms with Crippen LogP contribution in [0.5, 0.6) is 0 Å². The molecule has 136 valence electrons. The Morgan fingerprint density at radius 2 is 2.04 bits per heavy atom.